The van der Waals surface area contributed by atoms with Crippen molar-refractivity contribution >= 4 is 36.6 Å². The lowest BCUT2D eigenvalue weighted by Crippen LogP contribution is -2.05. The average Bonchev–Trinajstić information content (AvgIpc) is 3.10. The molecule has 1 aromatic heterocycles. The Labute approximate surface area is 170 Å². The van der Waals surface area contributed by atoms with E-state index in [4.69, 9.17) is 5.73 Å². The third-order valence-corrected chi connectivity index (χ3v) is 8.34. The highest BCUT2D eigenvalue weighted by molar-refractivity contribution is 7.93. The minimum atomic E-state index is -3.79. The van der Waals surface area contributed by atoms with Crippen molar-refractivity contribution in [3.63, 3.8) is 0 Å². The molecule has 0 saturated carbocycles. The van der Waals surface area contributed by atoms with Gasteiger partial charge in [0.05, 0.1) is 9.79 Å². The molecule has 0 amide bonds. The summed E-state index contributed by atoms with van der Waals surface area (Å²) in [7, 11) is -7.35. The summed E-state index contributed by atoms with van der Waals surface area (Å²) in [5.74, 6) is 0. The fourth-order valence-corrected chi connectivity index (χ4v) is 5.99. The minimum absolute atomic E-state index is 0.0112. The van der Waals surface area contributed by atoms with Crippen LogP contribution in [0.5, 0.6) is 0 Å². The molecule has 2 rings (SSSR count). The van der Waals surface area contributed by atoms with Gasteiger partial charge in [0, 0.05) is 23.2 Å². The standard InChI is InChI=1S/C20H23NO4S3/c1-14(2)6-5-7-15(3)18-12-17(9-10-19(18)27(4,22)23)28(24,25)20-11-8-16(13-21)26-20/h5-12H,3,13,21H2,1-2,4H3/b7-5-. The van der Waals surface area contributed by atoms with Gasteiger partial charge in [0.25, 0.3) is 0 Å². The van der Waals surface area contributed by atoms with Crippen molar-refractivity contribution in [3.05, 3.63) is 71.2 Å². The third kappa shape index (κ3) is 5.08. The van der Waals surface area contributed by atoms with Gasteiger partial charge in [-0.05, 0) is 49.8 Å². The molecule has 2 N–H and O–H groups in total. The lowest BCUT2D eigenvalue weighted by molar-refractivity contribution is 0.595. The molecule has 0 atom stereocenters. The van der Waals surface area contributed by atoms with Gasteiger partial charge in [0.2, 0.25) is 9.84 Å². The molecule has 0 fully saturated rings. The van der Waals surface area contributed by atoms with Crippen molar-refractivity contribution in [1.82, 2.24) is 0 Å². The third-order valence-electron chi connectivity index (χ3n) is 3.84. The number of allylic oxidation sites excluding steroid dienone is 5. The van der Waals surface area contributed by atoms with Gasteiger partial charge in [-0.2, -0.15) is 0 Å². The first-order chi connectivity index (χ1) is 13.0. The minimum Gasteiger partial charge on any atom is -0.326 e. The van der Waals surface area contributed by atoms with Crippen LogP contribution in [-0.4, -0.2) is 23.1 Å². The molecular weight excluding hydrogens is 414 g/mol. The Kier molecular flexibility index (Phi) is 6.82. The Bertz CT molecular complexity index is 1160. The van der Waals surface area contributed by atoms with E-state index in [9.17, 15) is 16.8 Å². The maximum Gasteiger partial charge on any atom is 0.215 e. The zero-order valence-electron chi connectivity index (χ0n) is 16.0. The molecule has 0 radical (unpaired) electrons. The maximum absolute atomic E-state index is 13.0. The smallest absolute Gasteiger partial charge is 0.215 e. The highest BCUT2D eigenvalue weighted by Crippen LogP contribution is 2.32. The van der Waals surface area contributed by atoms with Gasteiger partial charge in [0.15, 0.2) is 9.84 Å². The van der Waals surface area contributed by atoms with Crippen LogP contribution < -0.4 is 5.73 Å². The average molecular weight is 438 g/mol. The number of thiophene rings is 1. The summed E-state index contributed by atoms with van der Waals surface area (Å²) >= 11 is 1.10. The number of hydrogen-bond donors (Lipinski definition) is 1. The van der Waals surface area contributed by atoms with Gasteiger partial charge in [-0.25, -0.2) is 16.8 Å². The van der Waals surface area contributed by atoms with Gasteiger partial charge in [0.1, 0.15) is 4.21 Å². The second-order valence-electron chi connectivity index (χ2n) is 6.49. The van der Waals surface area contributed by atoms with E-state index in [1.165, 1.54) is 24.3 Å². The predicted octanol–water partition coefficient (Wildman–Crippen LogP) is 3.98. The zero-order chi connectivity index (χ0) is 21.1. The first kappa shape index (κ1) is 22.3. The Morgan fingerprint density at radius 3 is 2.36 bits per heavy atom. The van der Waals surface area contributed by atoms with E-state index in [-0.39, 0.29) is 26.1 Å². The molecule has 8 heteroatoms. The van der Waals surface area contributed by atoms with Gasteiger partial charge in [-0.1, -0.05) is 30.4 Å². The van der Waals surface area contributed by atoms with Crippen molar-refractivity contribution in [2.24, 2.45) is 5.73 Å². The van der Waals surface area contributed by atoms with E-state index in [0.717, 1.165) is 28.0 Å². The van der Waals surface area contributed by atoms with Gasteiger partial charge >= 0.3 is 0 Å². The van der Waals surface area contributed by atoms with E-state index in [2.05, 4.69) is 6.58 Å². The molecule has 0 unspecified atom stereocenters. The second kappa shape index (κ2) is 8.57. The topological polar surface area (TPSA) is 94.3 Å². The largest absolute Gasteiger partial charge is 0.326 e. The molecule has 2 aromatic rings. The van der Waals surface area contributed by atoms with Crippen molar-refractivity contribution in [2.45, 2.75) is 34.4 Å². The van der Waals surface area contributed by atoms with Crippen molar-refractivity contribution in [3.8, 4) is 0 Å². The zero-order valence-corrected chi connectivity index (χ0v) is 18.4. The van der Waals surface area contributed by atoms with Crippen LogP contribution >= 0.6 is 11.3 Å². The number of sulfone groups is 2. The summed E-state index contributed by atoms with van der Waals surface area (Å²) in [6, 6.07) is 7.17. The molecule has 28 heavy (non-hydrogen) atoms. The summed E-state index contributed by atoms with van der Waals surface area (Å²) in [6.07, 6.45) is 6.34. The number of benzene rings is 1. The first-order valence-electron chi connectivity index (χ1n) is 8.35. The molecule has 0 saturated heterocycles. The summed E-state index contributed by atoms with van der Waals surface area (Å²) < 4.78 is 50.4. The Morgan fingerprint density at radius 1 is 1.14 bits per heavy atom. The second-order valence-corrected chi connectivity index (χ2v) is 11.8. The highest BCUT2D eigenvalue weighted by atomic mass is 32.2. The van der Waals surface area contributed by atoms with E-state index in [0.29, 0.717) is 5.57 Å². The van der Waals surface area contributed by atoms with Crippen LogP contribution in [0.3, 0.4) is 0 Å². The van der Waals surface area contributed by atoms with Crippen LogP contribution in [-0.2, 0) is 26.2 Å². The lowest BCUT2D eigenvalue weighted by atomic mass is 10.1. The Morgan fingerprint density at radius 2 is 1.82 bits per heavy atom. The van der Waals surface area contributed by atoms with Crippen molar-refractivity contribution in [2.75, 3.05) is 6.26 Å². The van der Waals surface area contributed by atoms with Crippen molar-refractivity contribution in [1.29, 1.82) is 0 Å². The summed E-state index contributed by atoms with van der Waals surface area (Å²) in [5, 5.41) is 0. The number of hydrogen-bond acceptors (Lipinski definition) is 6. The van der Waals surface area contributed by atoms with E-state index in [1.54, 1.807) is 18.2 Å². The quantitative estimate of drug-likeness (QED) is 0.661. The summed E-state index contributed by atoms with van der Waals surface area (Å²) in [5.41, 5.74) is 7.30. The van der Waals surface area contributed by atoms with Crippen LogP contribution in [0, 0.1) is 0 Å². The predicted molar refractivity (Wildman–Crippen MR) is 115 cm³/mol. The van der Waals surface area contributed by atoms with E-state index < -0.39 is 19.7 Å². The van der Waals surface area contributed by atoms with Crippen molar-refractivity contribution < 1.29 is 16.8 Å². The molecule has 1 aromatic carbocycles. The van der Waals surface area contributed by atoms with Crippen LogP contribution in [0.1, 0.15) is 24.3 Å². The van der Waals surface area contributed by atoms with Gasteiger partial charge < -0.3 is 5.73 Å². The molecule has 0 aliphatic carbocycles. The number of rotatable bonds is 7. The van der Waals surface area contributed by atoms with Crippen LogP contribution in [0.15, 0.2) is 74.7 Å². The van der Waals surface area contributed by atoms with E-state index in [1.807, 2.05) is 19.9 Å². The van der Waals surface area contributed by atoms with Gasteiger partial charge in [-0.15, -0.1) is 11.3 Å². The number of nitrogens with two attached hydrogens (primary N) is 1. The van der Waals surface area contributed by atoms with Crippen LogP contribution in [0.25, 0.3) is 5.57 Å². The fourth-order valence-electron chi connectivity index (χ4n) is 2.43. The molecule has 0 aliphatic heterocycles. The Hall–Kier alpha value is -2.00. The maximum atomic E-state index is 13.0. The highest BCUT2D eigenvalue weighted by Gasteiger charge is 2.23. The van der Waals surface area contributed by atoms with Crippen LogP contribution in [0.2, 0.25) is 0 Å². The molecule has 5 nitrogen and oxygen atoms in total. The lowest BCUT2D eigenvalue weighted by Gasteiger charge is -2.11. The molecule has 0 bridgehead atoms. The Balaban J connectivity index is 2.62. The van der Waals surface area contributed by atoms with Gasteiger partial charge in [-0.3, -0.25) is 0 Å². The summed E-state index contributed by atoms with van der Waals surface area (Å²) in [6.45, 7) is 8.03. The van der Waals surface area contributed by atoms with Crippen LogP contribution in [0.4, 0.5) is 0 Å². The van der Waals surface area contributed by atoms with E-state index >= 15 is 0 Å². The monoisotopic (exact) mass is 437 g/mol. The fraction of sp³-hybridized carbons (Fsp3) is 0.200. The molecule has 0 aliphatic rings. The molecular formula is C20H23NO4S3. The first-order valence-corrected chi connectivity index (χ1v) is 12.5. The molecule has 150 valence electrons. The molecule has 1 heterocycles. The SMILES string of the molecule is C=C(/C=C\C=C(C)C)c1cc(S(=O)(=O)c2ccc(CN)s2)ccc1S(C)(=O)=O. The molecule has 0 spiro atoms. The summed E-state index contributed by atoms with van der Waals surface area (Å²) in [4.78, 5) is 0.796. The normalized spacial score (nSPS) is 12.3.